The number of aryl methyl sites for hydroxylation is 1. The zero-order valence-corrected chi connectivity index (χ0v) is 17.0. The third-order valence-corrected chi connectivity index (χ3v) is 6.28. The van der Waals surface area contributed by atoms with Crippen LogP contribution in [0.1, 0.15) is 28.0 Å². The van der Waals surface area contributed by atoms with Crippen LogP contribution in [-0.4, -0.2) is 40.4 Å². The van der Waals surface area contributed by atoms with Gasteiger partial charge in [0.1, 0.15) is 18.6 Å². The second-order valence-corrected chi connectivity index (χ2v) is 7.80. The fraction of sp³-hybridized carbons (Fsp3) is 0.286. The predicted octanol–water partition coefficient (Wildman–Crippen LogP) is 3.96. The van der Waals surface area contributed by atoms with Crippen molar-refractivity contribution in [1.82, 2.24) is 9.99 Å². The highest BCUT2D eigenvalue weighted by Gasteiger charge is 2.28. The van der Waals surface area contributed by atoms with Crippen molar-refractivity contribution in [3.63, 3.8) is 0 Å². The summed E-state index contributed by atoms with van der Waals surface area (Å²) in [6, 6.07) is 7.91. The highest BCUT2D eigenvalue weighted by molar-refractivity contribution is 7.17. The molecule has 0 bridgehead atoms. The Balaban J connectivity index is 1.68. The number of hydrogen-bond acceptors (Lipinski definition) is 7. The molecule has 2 aromatic heterocycles. The number of hydrazone groups is 1. The Morgan fingerprint density at radius 3 is 2.86 bits per heavy atom. The van der Waals surface area contributed by atoms with E-state index in [9.17, 15) is 9.90 Å². The van der Waals surface area contributed by atoms with Gasteiger partial charge in [0.05, 0.1) is 35.3 Å². The Hall–Kier alpha value is -3.13. The van der Waals surface area contributed by atoms with Crippen molar-refractivity contribution < 1.29 is 19.1 Å². The zero-order chi connectivity index (χ0) is 20.4. The van der Waals surface area contributed by atoms with Gasteiger partial charge in [-0.05, 0) is 42.5 Å². The molecule has 0 fully saturated rings. The normalized spacial score (nSPS) is 13.2. The summed E-state index contributed by atoms with van der Waals surface area (Å²) < 4.78 is 11.0. The summed E-state index contributed by atoms with van der Waals surface area (Å²) in [6.45, 7) is 2.35. The van der Waals surface area contributed by atoms with E-state index in [2.05, 4.69) is 10.1 Å². The lowest BCUT2D eigenvalue weighted by molar-refractivity contribution is -0.138. The minimum Gasteiger partial charge on any atom is -0.496 e. The lowest BCUT2D eigenvalue weighted by atomic mass is 10.0. The summed E-state index contributed by atoms with van der Waals surface area (Å²) in [5, 5.41) is 15.5. The third kappa shape index (κ3) is 3.88. The summed E-state index contributed by atoms with van der Waals surface area (Å²) in [4.78, 5) is 17.6. The maximum absolute atomic E-state index is 11.3. The van der Waals surface area contributed by atoms with Crippen LogP contribution in [0, 0.1) is 6.92 Å². The molecule has 0 saturated heterocycles. The lowest BCUT2D eigenvalue weighted by Crippen LogP contribution is -2.30. The van der Waals surface area contributed by atoms with Crippen LogP contribution in [0.2, 0.25) is 0 Å². The lowest BCUT2D eigenvalue weighted by Gasteiger charge is -2.25. The molecule has 0 aliphatic carbocycles. The molecule has 0 atom stereocenters. The van der Waals surface area contributed by atoms with Gasteiger partial charge in [0.25, 0.3) is 0 Å². The second-order valence-electron chi connectivity index (χ2n) is 6.78. The van der Waals surface area contributed by atoms with Crippen LogP contribution in [-0.2, 0) is 17.8 Å². The molecule has 0 unspecified atom stereocenters. The summed E-state index contributed by atoms with van der Waals surface area (Å²) >= 11 is 1.60. The quantitative estimate of drug-likeness (QED) is 0.633. The molecule has 3 aromatic rings. The molecule has 3 heterocycles. The maximum atomic E-state index is 11.3. The molecular weight excluding hydrogens is 390 g/mol. The Morgan fingerprint density at radius 2 is 2.14 bits per heavy atom. The molecule has 1 aliphatic heterocycles. The van der Waals surface area contributed by atoms with Gasteiger partial charge in [-0.3, -0.25) is 9.80 Å². The number of carboxylic acids is 1. The highest BCUT2D eigenvalue weighted by atomic mass is 32.1. The number of fused-ring (bicyclic) bond motifs is 1. The average Bonchev–Trinajstić information content (AvgIpc) is 3.34. The molecule has 0 amide bonds. The minimum atomic E-state index is -0.901. The first-order valence-corrected chi connectivity index (χ1v) is 10.1. The van der Waals surface area contributed by atoms with Crippen molar-refractivity contribution in [2.24, 2.45) is 5.10 Å². The summed E-state index contributed by atoms with van der Waals surface area (Å²) in [7, 11) is 1.66. The molecule has 1 aromatic carbocycles. The third-order valence-electron chi connectivity index (χ3n) is 4.90. The SMILES string of the molecule is COc1ccccc1CCC1=NN(CC(=O)O)Cc2c1sc(-c1ncco1)c2C. The van der Waals surface area contributed by atoms with Crippen molar-refractivity contribution in [1.29, 1.82) is 0 Å². The summed E-state index contributed by atoms with van der Waals surface area (Å²) in [5.41, 5.74) is 4.13. The van der Waals surface area contributed by atoms with Crippen LogP contribution in [0.25, 0.3) is 10.8 Å². The number of nitrogens with zero attached hydrogens (tertiary/aromatic N) is 3. The fourth-order valence-electron chi connectivity index (χ4n) is 3.52. The zero-order valence-electron chi connectivity index (χ0n) is 16.2. The number of ether oxygens (including phenoxy) is 1. The number of benzene rings is 1. The Bertz CT molecular complexity index is 1060. The fourth-order valence-corrected chi connectivity index (χ4v) is 4.79. The Morgan fingerprint density at radius 1 is 1.31 bits per heavy atom. The van der Waals surface area contributed by atoms with Gasteiger partial charge in [-0.25, -0.2) is 4.98 Å². The van der Waals surface area contributed by atoms with Crippen LogP contribution in [0.15, 0.2) is 46.2 Å². The Labute approximate surface area is 172 Å². The van der Waals surface area contributed by atoms with Gasteiger partial charge in [0, 0.05) is 0 Å². The Kier molecular flexibility index (Phi) is 5.35. The van der Waals surface area contributed by atoms with Gasteiger partial charge in [-0.1, -0.05) is 18.2 Å². The number of aromatic nitrogens is 1. The van der Waals surface area contributed by atoms with E-state index in [4.69, 9.17) is 9.15 Å². The first-order chi connectivity index (χ1) is 14.1. The first-order valence-electron chi connectivity index (χ1n) is 9.25. The van der Waals surface area contributed by atoms with Gasteiger partial charge in [-0.15, -0.1) is 11.3 Å². The largest absolute Gasteiger partial charge is 0.496 e. The van der Waals surface area contributed by atoms with E-state index >= 15 is 0 Å². The van der Waals surface area contributed by atoms with E-state index < -0.39 is 5.97 Å². The van der Waals surface area contributed by atoms with E-state index in [1.54, 1.807) is 35.9 Å². The van der Waals surface area contributed by atoms with Gasteiger partial charge < -0.3 is 14.3 Å². The van der Waals surface area contributed by atoms with E-state index in [1.165, 1.54) is 0 Å². The van der Waals surface area contributed by atoms with Crippen molar-refractivity contribution in [2.75, 3.05) is 13.7 Å². The minimum absolute atomic E-state index is 0.138. The molecule has 1 N–H and O–H groups in total. The molecule has 1 aliphatic rings. The van der Waals surface area contributed by atoms with E-state index in [1.807, 2.05) is 31.2 Å². The number of aliphatic carboxylic acids is 1. The van der Waals surface area contributed by atoms with E-state index in [0.717, 1.165) is 44.3 Å². The number of rotatable bonds is 7. The van der Waals surface area contributed by atoms with Gasteiger partial charge in [0.15, 0.2) is 0 Å². The molecule has 4 rings (SSSR count). The topological polar surface area (TPSA) is 88.2 Å². The summed E-state index contributed by atoms with van der Waals surface area (Å²) in [6.07, 6.45) is 4.60. The van der Waals surface area contributed by atoms with Crippen LogP contribution in [0.4, 0.5) is 0 Å². The molecule has 0 spiro atoms. The number of methoxy groups -OCH3 is 1. The number of carboxylic acid groups (broad SMARTS) is 1. The highest BCUT2D eigenvalue weighted by Crippen LogP contribution is 2.39. The molecular formula is C21H21N3O4S. The average molecular weight is 411 g/mol. The molecule has 150 valence electrons. The smallest absolute Gasteiger partial charge is 0.324 e. The number of hydrogen-bond donors (Lipinski definition) is 1. The second kappa shape index (κ2) is 8.08. The predicted molar refractivity (Wildman–Crippen MR) is 110 cm³/mol. The monoisotopic (exact) mass is 411 g/mol. The number of para-hydroxylation sites is 1. The maximum Gasteiger partial charge on any atom is 0.324 e. The van der Waals surface area contributed by atoms with Crippen molar-refractivity contribution >= 4 is 23.0 Å². The van der Waals surface area contributed by atoms with Crippen molar-refractivity contribution in [3.05, 3.63) is 58.3 Å². The van der Waals surface area contributed by atoms with Gasteiger partial charge >= 0.3 is 5.97 Å². The van der Waals surface area contributed by atoms with Crippen LogP contribution in [0.3, 0.4) is 0 Å². The molecule has 0 radical (unpaired) electrons. The number of thiophene rings is 1. The molecule has 7 nitrogen and oxygen atoms in total. The number of oxazole rings is 1. The first kappa shape index (κ1) is 19.2. The van der Waals surface area contributed by atoms with Crippen LogP contribution < -0.4 is 4.74 Å². The molecule has 29 heavy (non-hydrogen) atoms. The molecule has 8 heteroatoms. The van der Waals surface area contributed by atoms with Crippen molar-refractivity contribution in [2.45, 2.75) is 26.3 Å². The van der Waals surface area contributed by atoms with Crippen LogP contribution >= 0.6 is 11.3 Å². The van der Waals surface area contributed by atoms with E-state index in [0.29, 0.717) is 18.9 Å². The van der Waals surface area contributed by atoms with Gasteiger partial charge in [0.2, 0.25) is 5.89 Å². The number of carbonyl (C=O) groups is 1. The summed E-state index contributed by atoms with van der Waals surface area (Å²) in [5.74, 6) is 0.521. The van der Waals surface area contributed by atoms with Crippen molar-refractivity contribution in [3.8, 4) is 16.5 Å². The van der Waals surface area contributed by atoms with Gasteiger partial charge in [-0.2, -0.15) is 5.10 Å². The molecule has 0 saturated carbocycles. The van der Waals surface area contributed by atoms with Crippen LogP contribution in [0.5, 0.6) is 5.75 Å². The standard InChI is InChI=1S/C21H21N3O4S/c1-13-15-11-24(12-18(25)26)23-16(8-7-14-5-3-4-6-17(14)27-2)20(15)29-19(13)21-22-9-10-28-21/h3-6,9-10H,7-8,11-12H2,1-2H3,(H,25,26). The van der Waals surface area contributed by atoms with E-state index in [-0.39, 0.29) is 6.54 Å².